The van der Waals surface area contributed by atoms with E-state index in [9.17, 15) is 9.59 Å². The number of hydrogen-bond donors (Lipinski definition) is 2. The highest BCUT2D eigenvalue weighted by Gasteiger charge is 2.25. The number of nitrogens with one attached hydrogen (secondary N) is 2. The van der Waals surface area contributed by atoms with Gasteiger partial charge in [-0.15, -0.1) is 6.42 Å². The minimum absolute atomic E-state index is 0.0155. The number of carbonyl (C=O) groups excluding carboxylic acids is 2. The van der Waals surface area contributed by atoms with Crippen molar-refractivity contribution >= 4 is 46.8 Å². The zero-order valence-corrected chi connectivity index (χ0v) is 12.2. The van der Waals surface area contributed by atoms with Crippen LogP contribution in [0.1, 0.15) is 5.56 Å². The zero-order valence-electron chi connectivity index (χ0n) is 10.6. The molecule has 1 aliphatic heterocycles. The summed E-state index contributed by atoms with van der Waals surface area (Å²) in [6.07, 6.45) is 6.50. The Morgan fingerprint density at radius 1 is 1.33 bits per heavy atom. The van der Waals surface area contributed by atoms with Crippen molar-refractivity contribution in [2.45, 2.75) is 0 Å². The van der Waals surface area contributed by atoms with Gasteiger partial charge in [0.15, 0.2) is 5.11 Å². The van der Waals surface area contributed by atoms with Gasteiger partial charge < -0.3 is 4.74 Å². The molecule has 2 N–H and O–H groups in total. The predicted octanol–water partition coefficient (Wildman–Crippen LogP) is 1.27. The number of benzene rings is 1. The second-order valence-corrected chi connectivity index (χ2v) is 4.79. The van der Waals surface area contributed by atoms with Gasteiger partial charge in [0.2, 0.25) is 0 Å². The average molecular weight is 321 g/mol. The summed E-state index contributed by atoms with van der Waals surface area (Å²) in [5.74, 6) is 1.63. The van der Waals surface area contributed by atoms with E-state index < -0.39 is 11.8 Å². The van der Waals surface area contributed by atoms with Crippen LogP contribution in [-0.4, -0.2) is 23.5 Å². The average Bonchev–Trinajstić information content (AvgIpc) is 2.42. The van der Waals surface area contributed by atoms with Crippen molar-refractivity contribution in [3.63, 3.8) is 0 Å². The Bertz CT molecular complexity index is 685. The van der Waals surface area contributed by atoms with Gasteiger partial charge in [-0.05, 0) is 36.0 Å². The molecule has 0 atom stereocenters. The third kappa shape index (κ3) is 3.60. The second kappa shape index (κ2) is 6.39. The highest BCUT2D eigenvalue weighted by Crippen LogP contribution is 2.26. The van der Waals surface area contributed by atoms with Crippen LogP contribution in [0.5, 0.6) is 5.75 Å². The first-order valence-corrected chi connectivity index (χ1v) is 6.54. The van der Waals surface area contributed by atoms with Gasteiger partial charge in [0.25, 0.3) is 11.8 Å². The van der Waals surface area contributed by atoms with Crippen LogP contribution in [0.4, 0.5) is 0 Å². The summed E-state index contributed by atoms with van der Waals surface area (Å²) in [5.41, 5.74) is 0.512. The molecule has 21 heavy (non-hydrogen) atoms. The predicted molar refractivity (Wildman–Crippen MR) is 82.6 cm³/mol. The third-order valence-electron chi connectivity index (χ3n) is 2.52. The molecule has 0 aromatic heterocycles. The Balaban J connectivity index is 2.27. The Morgan fingerprint density at radius 3 is 2.57 bits per heavy atom. The molecule has 0 bridgehead atoms. The molecule has 106 valence electrons. The second-order valence-electron chi connectivity index (χ2n) is 3.98. The van der Waals surface area contributed by atoms with E-state index in [-0.39, 0.29) is 17.3 Å². The lowest BCUT2D eigenvalue weighted by molar-refractivity contribution is -0.123. The fourth-order valence-electron chi connectivity index (χ4n) is 1.62. The normalized spacial score (nSPS) is 14.1. The first-order chi connectivity index (χ1) is 10.0. The molecule has 1 aromatic carbocycles. The molecule has 0 spiro atoms. The largest absolute Gasteiger partial charge is 0.479 e. The summed E-state index contributed by atoms with van der Waals surface area (Å²) in [7, 11) is 0. The summed E-state index contributed by atoms with van der Waals surface area (Å²) in [4.78, 5) is 23.4. The Kier molecular flexibility index (Phi) is 4.58. The van der Waals surface area contributed by atoms with E-state index in [1.807, 2.05) is 0 Å². The highest BCUT2D eigenvalue weighted by molar-refractivity contribution is 7.80. The van der Waals surface area contributed by atoms with E-state index in [1.165, 1.54) is 6.08 Å². The molecule has 5 nitrogen and oxygen atoms in total. The highest BCUT2D eigenvalue weighted by atomic mass is 35.5. The lowest BCUT2D eigenvalue weighted by Crippen LogP contribution is -2.51. The smallest absolute Gasteiger partial charge is 0.263 e. The summed E-state index contributed by atoms with van der Waals surface area (Å²) in [6, 6.07) is 4.82. The Labute approximate surface area is 131 Å². The lowest BCUT2D eigenvalue weighted by Gasteiger charge is -2.16. The van der Waals surface area contributed by atoms with Gasteiger partial charge in [-0.3, -0.25) is 20.2 Å². The quantitative estimate of drug-likeness (QED) is 0.381. The molecule has 1 saturated heterocycles. The lowest BCUT2D eigenvalue weighted by atomic mass is 10.1. The Morgan fingerprint density at radius 2 is 2.00 bits per heavy atom. The maximum Gasteiger partial charge on any atom is 0.263 e. The number of thiocarbonyl (C=S) groups is 1. The monoisotopic (exact) mass is 320 g/mol. The molecule has 2 rings (SSSR count). The van der Waals surface area contributed by atoms with Crippen LogP contribution in [0.25, 0.3) is 6.08 Å². The first kappa shape index (κ1) is 15.0. The van der Waals surface area contributed by atoms with Gasteiger partial charge in [-0.1, -0.05) is 23.6 Å². The molecule has 0 saturated carbocycles. The first-order valence-electron chi connectivity index (χ1n) is 5.75. The van der Waals surface area contributed by atoms with Crippen LogP contribution in [0.3, 0.4) is 0 Å². The molecular weight excluding hydrogens is 312 g/mol. The molecule has 7 heteroatoms. The van der Waals surface area contributed by atoms with E-state index in [0.717, 1.165) is 0 Å². The van der Waals surface area contributed by atoms with E-state index in [0.29, 0.717) is 16.3 Å². The molecule has 2 amide bonds. The standard InChI is InChI=1S/C14H9ClN2O3S/c1-2-5-20-11-4-3-8(7-10(11)15)6-9-12(18)16-14(21)17-13(9)19/h1,3-4,6-7H,5H2,(H2,16,17,18,19,21). The van der Waals surface area contributed by atoms with Crippen molar-refractivity contribution < 1.29 is 14.3 Å². The van der Waals surface area contributed by atoms with Crippen LogP contribution in [-0.2, 0) is 9.59 Å². The fraction of sp³-hybridized carbons (Fsp3) is 0.0714. The van der Waals surface area contributed by atoms with Crippen molar-refractivity contribution in [1.82, 2.24) is 10.6 Å². The van der Waals surface area contributed by atoms with Crippen molar-refractivity contribution in [1.29, 1.82) is 0 Å². The van der Waals surface area contributed by atoms with Gasteiger partial charge in [-0.2, -0.15) is 0 Å². The van der Waals surface area contributed by atoms with E-state index in [1.54, 1.807) is 18.2 Å². The molecule has 0 aliphatic carbocycles. The van der Waals surface area contributed by atoms with Crippen molar-refractivity contribution in [3.8, 4) is 18.1 Å². The molecule has 0 unspecified atom stereocenters. The number of amides is 2. The zero-order chi connectivity index (χ0) is 15.4. The molecule has 1 fully saturated rings. The van der Waals surface area contributed by atoms with Crippen LogP contribution in [0, 0.1) is 12.3 Å². The molecule has 1 heterocycles. The molecule has 1 aliphatic rings. The van der Waals surface area contributed by atoms with Gasteiger partial charge in [0, 0.05) is 0 Å². The molecular formula is C14H9ClN2O3S. The van der Waals surface area contributed by atoms with Crippen LogP contribution >= 0.6 is 23.8 Å². The van der Waals surface area contributed by atoms with E-state index >= 15 is 0 Å². The molecule has 0 radical (unpaired) electrons. The summed E-state index contributed by atoms with van der Waals surface area (Å²) >= 11 is 10.7. The van der Waals surface area contributed by atoms with Gasteiger partial charge in [-0.25, -0.2) is 0 Å². The number of terminal acetylenes is 1. The topological polar surface area (TPSA) is 67.4 Å². The fourth-order valence-corrected chi connectivity index (χ4v) is 2.05. The minimum atomic E-state index is -0.562. The van der Waals surface area contributed by atoms with Gasteiger partial charge in [0.05, 0.1) is 5.02 Å². The van der Waals surface area contributed by atoms with E-state index in [4.69, 9.17) is 35.0 Å². The SMILES string of the molecule is C#CCOc1ccc(C=C2C(=O)NC(=S)NC2=O)cc1Cl. The van der Waals surface area contributed by atoms with Crippen LogP contribution < -0.4 is 15.4 Å². The van der Waals surface area contributed by atoms with Crippen molar-refractivity contribution in [2.75, 3.05) is 6.61 Å². The van der Waals surface area contributed by atoms with Crippen molar-refractivity contribution in [2.24, 2.45) is 0 Å². The maximum absolute atomic E-state index is 11.7. The van der Waals surface area contributed by atoms with E-state index in [2.05, 4.69) is 16.6 Å². The number of rotatable bonds is 3. The van der Waals surface area contributed by atoms with Crippen LogP contribution in [0.2, 0.25) is 5.02 Å². The molecule has 1 aromatic rings. The number of halogens is 1. The number of hydrogen-bond acceptors (Lipinski definition) is 4. The summed E-state index contributed by atoms with van der Waals surface area (Å²) < 4.78 is 5.22. The Hall–Kier alpha value is -2.36. The van der Waals surface area contributed by atoms with Crippen molar-refractivity contribution in [3.05, 3.63) is 34.4 Å². The summed E-state index contributed by atoms with van der Waals surface area (Å²) in [6.45, 7) is 0.0996. The van der Waals surface area contributed by atoms with Crippen LogP contribution in [0.15, 0.2) is 23.8 Å². The van der Waals surface area contributed by atoms with Gasteiger partial charge in [0.1, 0.15) is 17.9 Å². The summed E-state index contributed by atoms with van der Waals surface area (Å²) in [5, 5.41) is 5.00. The number of ether oxygens (including phenoxy) is 1. The van der Waals surface area contributed by atoms with Gasteiger partial charge >= 0.3 is 0 Å². The third-order valence-corrected chi connectivity index (χ3v) is 3.02. The minimum Gasteiger partial charge on any atom is -0.479 e. The number of carbonyl (C=O) groups is 2. The maximum atomic E-state index is 11.7.